The Morgan fingerprint density at radius 1 is 1.03 bits per heavy atom. The number of amides is 2. The maximum absolute atomic E-state index is 12.8. The number of hydrogen-bond acceptors (Lipinski definition) is 5. The SMILES string of the molecule is Cc1ccc(S(=O)(=O)N[C@H](C)C(=O)N2CCC(C(=O)N[C@@H](Cc3ccccc3)C(=O)O)CC2)cc1. The average molecular weight is 502 g/mol. The zero-order chi connectivity index (χ0) is 25.6. The van der Waals surface area contributed by atoms with Crippen molar-refractivity contribution in [3.8, 4) is 0 Å². The molecular weight excluding hydrogens is 470 g/mol. The molecule has 10 heteroatoms. The number of carbonyl (C=O) groups excluding carboxylic acids is 2. The molecule has 2 aromatic carbocycles. The second-order valence-electron chi connectivity index (χ2n) is 8.84. The lowest BCUT2D eigenvalue weighted by Gasteiger charge is -2.33. The molecule has 3 N–H and O–H groups in total. The summed E-state index contributed by atoms with van der Waals surface area (Å²) in [6.07, 6.45) is 0.914. The van der Waals surface area contributed by atoms with E-state index in [0.717, 1.165) is 11.1 Å². The van der Waals surface area contributed by atoms with Crippen molar-refractivity contribution in [2.75, 3.05) is 13.1 Å². The van der Waals surface area contributed by atoms with Crippen molar-refractivity contribution in [2.45, 2.75) is 50.1 Å². The largest absolute Gasteiger partial charge is 0.480 e. The Bertz CT molecular complexity index is 1140. The summed E-state index contributed by atoms with van der Waals surface area (Å²) in [6, 6.07) is 13.4. The molecule has 9 nitrogen and oxygen atoms in total. The minimum atomic E-state index is -3.85. The van der Waals surface area contributed by atoms with E-state index < -0.39 is 34.0 Å². The minimum Gasteiger partial charge on any atom is -0.480 e. The van der Waals surface area contributed by atoms with E-state index in [9.17, 15) is 27.9 Å². The highest BCUT2D eigenvalue weighted by atomic mass is 32.2. The number of rotatable bonds is 9. The predicted octanol–water partition coefficient (Wildman–Crippen LogP) is 1.71. The van der Waals surface area contributed by atoms with Gasteiger partial charge in [0.25, 0.3) is 0 Å². The lowest BCUT2D eigenvalue weighted by Crippen LogP contribution is -2.51. The van der Waals surface area contributed by atoms with Crippen molar-refractivity contribution in [3.63, 3.8) is 0 Å². The van der Waals surface area contributed by atoms with Gasteiger partial charge in [0.1, 0.15) is 6.04 Å². The first-order valence-corrected chi connectivity index (χ1v) is 13.0. The molecule has 2 atom stereocenters. The Balaban J connectivity index is 1.52. The Morgan fingerprint density at radius 2 is 1.63 bits per heavy atom. The Labute approximate surface area is 205 Å². The van der Waals surface area contributed by atoms with Crippen LogP contribution < -0.4 is 10.0 Å². The van der Waals surface area contributed by atoms with Gasteiger partial charge in [0.05, 0.1) is 10.9 Å². The van der Waals surface area contributed by atoms with Crippen molar-refractivity contribution in [3.05, 3.63) is 65.7 Å². The first-order valence-electron chi connectivity index (χ1n) is 11.5. The first kappa shape index (κ1) is 26.4. The number of benzene rings is 2. The van der Waals surface area contributed by atoms with Crippen LogP contribution in [0.3, 0.4) is 0 Å². The molecule has 0 radical (unpaired) electrons. The first-order chi connectivity index (χ1) is 16.6. The van der Waals surface area contributed by atoms with Crippen molar-refractivity contribution >= 4 is 27.8 Å². The third-order valence-electron chi connectivity index (χ3n) is 6.11. The van der Waals surface area contributed by atoms with Crippen LogP contribution in [-0.2, 0) is 30.8 Å². The summed E-state index contributed by atoms with van der Waals surface area (Å²) in [7, 11) is -3.85. The number of carboxylic acids is 1. The van der Waals surface area contributed by atoms with Crippen LogP contribution >= 0.6 is 0 Å². The minimum absolute atomic E-state index is 0.0848. The third kappa shape index (κ3) is 7.12. The van der Waals surface area contributed by atoms with Crippen LogP contribution in [0.15, 0.2) is 59.5 Å². The lowest BCUT2D eigenvalue weighted by atomic mass is 9.94. The molecule has 0 saturated carbocycles. The quantitative estimate of drug-likeness (QED) is 0.479. The topological polar surface area (TPSA) is 133 Å². The summed E-state index contributed by atoms with van der Waals surface area (Å²) in [4.78, 5) is 38.8. The molecule has 1 fully saturated rings. The van der Waals surface area contributed by atoms with E-state index in [1.165, 1.54) is 24.0 Å². The number of piperidine rings is 1. The van der Waals surface area contributed by atoms with Gasteiger partial charge in [0, 0.05) is 25.4 Å². The lowest BCUT2D eigenvalue weighted by molar-refractivity contribution is -0.143. The van der Waals surface area contributed by atoms with Gasteiger partial charge in [0.15, 0.2) is 0 Å². The molecule has 2 aromatic rings. The van der Waals surface area contributed by atoms with Crippen molar-refractivity contribution in [2.24, 2.45) is 5.92 Å². The van der Waals surface area contributed by atoms with Crippen molar-refractivity contribution in [1.82, 2.24) is 14.9 Å². The monoisotopic (exact) mass is 501 g/mol. The number of sulfonamides is 1. The standard InChI is InChI=1S/C25H31N3O6S/c1-17-8-10-21(11-9-17)35(33,34)27-18(2)24(30)28-14-12-20(13-15-28)23(29)26-22(25(31)32)16-19-6-4-3-5-7-19/h3-11,18,20,22,27H,12-16H2,1-2H3,(H,26,29)(H,31,32)/t18-,22+/m1/s1. The summed E-state index contributed by atoms with van der Waals surface area (Å²) in [5.41, 5.74) is 1.73. The molecule has 0 aliphatic carbocycles. The second-order valence-corrected chi connectivity index (χ2v) is 10.6. The summed E-state index contributed by atoms with van der Waals surface area (Å²) in [5, 5.41) is 12.1. The smallest absolute Gasteiger partial charge is 0.326 e. The van der Waals surface area contributed by atoms with Crippen LogP contribution in [0.25, 0.3) is 0 Å². The molecule has 1 heterocycles. The average Bonchev–Trinajstić information content (AvgIpc) is 2.83. The number of carboxylic acid groups (broad SMARTS) is 1. The number of nitrogens with zero attached hydrogens (tertiary/aromatic N) is 1. The molecule has 0 bridgehead atoms. The summed E-state index contributed by atoms with van der Waals surface area (Å²) in [5.74, 6) is -2.25. The fourth-order valence-corrected chi connectivity index (χ4v) is 5.24. The highest BCUT2D eigenvalue weighted by molar-refractivity contribution is 7.89. The van der Waals surface area contributed by atoms with Crippen LogP contribution in [0.5, 0.6) is 0 Å². The highest BCUT2D eigenvalue weighted by Gasteiger charge is 2.32. The van der Waals surface area contributed by atoms with Crippen LogP contribution in [-0.4, -0.2) is 61.4 Å². The van der Waals surface area contributed by atoms with Crippen LogP contribution in [0.4, 0.5) is 0 Å². The molecular formula is C25H31N3O6S. The van der Waals surface area contributed by atoms with E-state index >= 15 is 0 Å². The number of aliphatic carboxylic acids is 1. The van der Waals surface area contributed by atoms with Crippen LogP contribution in [0, 0.1) is 12.8 Å². The summed E-state index contributed by atoms with van der Waals surface area (Å²) >= 11 is 0. The van der Waals surface area contributed by atoms with E-state index in [0.29, 0.717) is 12.8 Å². The number of likely N-dealkylation sites (tertiary alicyclic amines) is 1. The second kappa shape index (κ2) is 11.5. The van der Waals surface area contributed by atoms with Gasteiger partial charge in [-0.2, -0.15) is 4.72 Å². The zero-order valence-corrected chi connectivity index (χ0v) is 20.6. The molecule has 0 aromatic heterocycles. The Morgan fingerprint density at radius 3 is 2.20 bits per heavy atom. The fraction of sp³-hybridized carbons (Fsp3) is 0.400. The zero-order valence-electron chi connectivity index (χ0n) is 19.8. The Kier molecular flexibility index (Phi) is 8.63. The number of hydrogen-bond donors (Lipinski definition) is 3. The van der Waals surface area contributed by atoms with Gasteiger partial charge < -0.3 is 15.3 Å². The van der Waals surface area contributed by atoms with Gasteiger partial charge in [-0.25, -0.2) is 13.2 Å². The van der Waals surface area contributed by atoms with Gasteiger partial charge in [-0.1, -0.05) is 48.0 Å². The number of nitrogens with one attached hydrogen (secondary N) is 2. The molecule has 188 valence electrons. The molecule has 1 aliphatic rings. The summed E-state index contributed by atoms with van der Waals surface area (Å²) < 4.78 is 27.6. The van der Waals surface area contributed by atoms with Gasteiger partial charge in [-0.3, -0.25) is 9.59 Å². The molecule has 0 spiro atoms. The van der Waals surface area contributed by atoms with E-state index in [1.54, 1.807) is 24.3 Å². The van der Waals surface area contributed by atoms with Gasteiger partial charge in [-0.05, 0) is 44.4 Å². The maximum atomic E-state index is 12.8. The normalized spacial score (nSPS) is 16.3. The molecule has 2 amide bonds. The number of aryl methyl sites for hydroxylation is 1. The third-order valence-corrected chi connectivity index (χ3v) is 7.66. The molecule has 3 rings (SSSR count). The summed E-state index contributed by atoms with van der Waals surface area (Å²) in [6.45, 7) is 3.91. The van der Waals surface area contributed by atoms with Gasteiger partial charge >= 0.3 is 5.97 Å². The van der Waals surface area contributed by atoms with Crippen molar-refractivity contribution in [1.29, 1.82) is 0 Å². The Hall–Kier alpha value is -3.24. The molecule has 1 saturated heterocycles. The van der Waals surface area contributed by atoms with E-state index in [-0.39, 0.29) is 36.2 Å². The number of carbonyl (C=O) groups is 3. The van der Waals surface area contributed by atoms with Crippen molar-refractivity contribution < 1.29 is 27.9 Å². The fourth-order valence-electron chi connectivity index (χ4n) is 4.04. The molecule has 35 heavy (non-hydrogen) atoms. The van der Waals surface area contributed by atoms with Gasteiger partial charge in [0.2, 0.25) is 21.8 Å². The van der Waals surface area contributed by atoms with Crippen LogP contribution in [0.2, 0.25) is 0 Å². The van der Waals surface area contributed by atoms with Gasteiger partial charge in [-0.15, -0.1) is 0 Å². The maximum Gasteiger partial charge on any atom is 0.326 e. The molecule has 0 unspecified atom stereocenters. The predicted molar refractivity (Wildman–Crippen MR) is 130 cm³/mol. The van der Waals surface area contributed by atoms with Crippen LogP contribution in [0.1, 0.15) is 30.9 Å². The highest BCUT2D eigenvalue weighted by Crippen LogP contribution is 2.19. The van der Waals surface area contributed by atoms with E-state index in [4.69, 9.17) is 0 Å². The molecule has 1 aliphatic heterocycles. The van der Waals surface area contributed by atoms with E-state index in [2.05, 4.69) is 10.0 Å². The van der Waals surface area contributed by atoms with E-state index in [1.807, 2.05) is 25.1 Å².